The summed E-state index contributed by atoms with van der Waals surface area (Å²) in [4.78, 5) is 14.4. The molecule has 2 aromatic heterocycles. The van der Waals surface area contributed by atoms with Crippen molar-refractivity contribution in [2.75, 3.05) is 24.2 Å². The number of aliphatic hydroxyl groups is 1. The van der Waals surface area contributed by atoms with E-state index in [1.165, 1.54) is 11.8 Å². The summed E-state index contributed by atoms with van der Waals surface area (Å²) in [5.74, 6) is -0.235. The van der Waals surface area contributed by atoms with E-state index in [1.807, 2.05) is 4.90 Å². The summed E-state index contributed by atoms with van der Waals surface area (Å²) < 4.78 is 14.4. The Labute approximate surface area is 147 Å². The molecule has 1 N–H and O–H groups in total. The zero-order chi connectivity index (χ0) is 16.8. The van der Waals surface area contributed by atoms with E-state index >= 15 is 0 Å². The average Bonchev–Trinajstić information content (AvgIpc) is 2.50. The minimum absolute atomic E-state index is 0.0505. The van der Waals surface area contributed by atoms with Gasteiger partial charge in [0.1, 0.15) is 16.5 Å². The maximum atomic E-state index is 14.4. The quantitative estimate of drug-likeness (QED) is 0.491. The number of nitrogens with zero attached hydrogens (tertiary/aromatic N) is 4. The fraction of sp³-hybridized carbons (Fsp3) is 0.500. The van der Waals surface area contributed by atoms with Crippen LogP contribution in [0.2, 0.25) is 10.3 Å². The molecule has 3 heterocycles. The van der Waals surface area contributed by atoms with E-state index in [0.717, 1.165) is 6.42 Å². The van der Waals surface area contributed by atoms with Gasteiger partial charge in [-0.2, -0.15) is 0 Å². The zero-order valence-corrected chi connectivity index (χ0v) is 14.9. The summed E-state index contributed by atoms with van der Waals surface area (Å²) in [6.07, 6.45) is 3.31. The standard InChI is InChI=1S/C14H15Cl2FN4OS/c1-14(22)4-3-5-21(6-14)12-7-9(18-13(20-12)23-2)8(17)11(16)19-10(7)15/h22H,3-6H2,1-2H3/t14-/m1/s1. The first-order valence-corrected chi connectivity index (χ1v) is 9.04. The first kappa shape index (κ1) is 17.0. The number of rotatable bonds is 2. The van der Waals surface area contributed by atoms with Gasteiger partial charge >= 0.3 is 0 Å². The third-order valence-electron chi connectivity index (χ3n) is 3.82. The monoisotopic (exact) mass is 376 g/mol. The van der Waals surface area contributed by atoms with E-state index < -0.39 is 11.4 Å². The second-order valence-corrected chi connectivity index (χ2v) is 7.28. The van der Waals surface area contributed by atoms with Crippen LogP contribution in [0, 0.1) is 5.82 Å². The van der Waals surface area contributed by atoms with Gasteiger partial charge in [-0.3, -0.25) is 0 Å². The number of pyridine rings is 1. The van der Waals surface area contributed by atoms with Crippen molar-refractivity contribution in [2.45, 2.75) is 30.5 Å². The van der Waals surface area contributed by atoms with E-state index in [-0.39, 0.29) is 15.8 Å². The molecule has 124 valence electrons. The van der Waals surface area contributed by atoms with Crippen LogP contribution in [0.15, 0.2) is 5.16 Å². The second-order valence-electron chi connectivity index (χ2n) is 5.79. The minimum atomic E-state index is -0.833. The molecule has 0 aliphatic carbocycles. The number of thioether (sulfide) groups is 1. The van der Waals surface area contributed by atoms with Crippen molar-refractivity contribution in [3.63, 3.8) is 0 Å². The number of anilines is 1. The number of hydrogen-bond acceptors (Lipinski definition) is 6. The van der Waals surface area contributed by atoms with Crippen LogP contribution >= 0.6 is 35.0 Å². The van der Waals surface area contributed by atoms with Crippen molar-refractivity contribution in [3.05, 3.63) is 16.1 Å². The lowest BCUT2D eigenvalue weighted by atomic mass is 9.95. The molecule has 0 radical (unpaired) electrons. The summed E-state index contributed by atoms with van der Waals surface area (Å²) in [5.41, 5.74) is -0.783. The van der Waals surface area contributed by atoms with Gasteiger partial charge in [-0.05, 0) is 26.0 Å². The molecule has 1 atom stereocenters. The summed E-state index contributed by atoms with van der Waals surface area (Å²) in [5, 5.41) is 10.8. The van der Waals surface area contributed by atoms with Crippen LogP contribution in [0.4, 0.5) is 10.2 Å². The molecule has 1 aliphatic heterocycles. The fourth-order valence-electron chi connectivity index (χ4n) is 2.79. The largest absolute Gasteiger partial charge is 0.388 e. The maximum Gasteiger partial charge on any atom is 0.189 e. The van der Waals surface area contributed by atoms with Gasteiger partial charge in [0.15, 0.2) is 16.1 Å². The van der Waals surface area contributed by atoms with E-state index in [2.05, 4.69) is 15.0 Å². The highest BCUT2D eigenvalue weighted by atomic mass is 35.5. The van der Waals surface area contributed by atoms with E-state index in [1.54, 1.807) is 13.2 Å². The van der Waals surface area contributed by atoms with Gasteiger partial charge in [0.25, 0.3) is 0 Å². The van der Waals surface area contributed by atoms with Crippen LogP contribution in [0.1, 0.15) is 19.8 Å². The van der Waals surface area contributed by atoms with Crippen molar-refractivity contribution >= 4 is 51.7 Å². The summed E-state index contributed by atoms with van der Waals surface area (Å²) in [6.45, 7) is 2.85. The smallest absolute Gasteiger partial charge is 0.189 e. The summed E-state index contributed by atoms with van der Waals surface area (Å²) >= 11 is 13.3. The first-order valence-electron chi connectivity index (χ1n) is 7.06. The van der Waals surface area contributed by atoms with Crippen LogP contribution in [0.3, 0.4) is 0 Å². The Morgan fingerprint density at radius 1 is 1.26 bits per heavy atom. The average molecular weight is 377 g/mol. The van der Waals surface area contributed by atoms with Gasteiger partial charge in [0.2, 0.25) is 0 Å². The molecular weight excluding hydrogens is 362 g/mol. The number of fused-ring (bicyclic) bond motifs is 1. The van der Waals surface area contributed by atoms with Crippen LogP contribution in [0.25, 0.3) is 10.9 Å². The van der Waals surface area contributed by atoms with Crippen molar-refractivity contribution in [1.82, 2.24) is 15.0 Å². The molecule has 3 rings (SSSR count). The molecule has 23 heavy (non-hydrogen) atoms. The third-order valence-corrected chi connectivity index (χ3v) is 4.89. The highest BCUT2D eigenvalue weighted by molar-refractivity contribution is 7.98. The lowest BCUT2D eigenvalue weighted by Gasteiger charge is -2.38. The van der Waals surface area contributed by atoms with Gasteiger partial charge in [0.05, 0.1) is 11.0 Å². The lowest BCUT2D eigenvalue weighted by Crippen LogP contribution is -2.46. The van der Waals surface area contributed by atoms with Crippen LogP contribution in [-0.2, 0) is 0 Å². The second kappa shape index (κ2) is 6.20. The molecule has 0 unspecified atom stereocenters. The first-order chi connectivity index (χ1) is 10.8. The van der Waals surface area contributed by atoms with Crippen LogP contribution in [-0.4, -0.2) is 45.0 Å². The molecule has 9 heteroatoms. The van der Waals surface area contributed by atoms with Crippen molar-refractivity contribution in [2.24, 2.45) is 0 Å². The Bertz CT molecular complexity index is 774. The number of aromatic nitrogens is 3. The third kappa shape index (κ3) is 3.20. The number of β-amino-alcohol motifs (C(OH)–C–C–N with tert-alkyl or cyclic N) is 1. The zero-order valence-electron chi connectivity index (χ0n) is 12.6. The lowest BCUT2D eigenvalue weighted by molar-refractivity contribution is 0.0447. The Hall–Kier alpha value is -0.890. The van der Waals surface area contributed by atoms with Crippen LogP contribution < -0.4 is 4.90 Å². The molecule has 1 aliphatic rings. The summed E-state index contributed by atoms with van der Waals surface area (Å²) in [7, 11) is 0. The highest BCUT2D eigenvalue weighted by Crippen LogP contribution is 2.36. The van der Waals surface area contributed by atoms with Crippen molar-refractivity contribution in [1.29, 1.82) is 0 Å². The molecule has 2 aromatic rings. The van der Waals surface area contributed by atoms with Crippen molar-refractivity contribution in [3.8, 4) is 0 Å². The van der Waals surface area contributed by atoms with Crippen LogP contribution in [0.5, 0.6) is 0 Å². The SMILES string of the molecule is CSc1nc(N2CCC[C@@](C)(O)C2)c2c(Cl)nc(Cl)c(F)c2n1. The number of halogens is 3. The molecule has 1 saturated heterocycles. The molecular formula is C14H15Cl2FN4OS. The van der Waals surface area contributed by atoms with Gasteiger partial charge in [-0.25, -0.2) is 19.3 Å². The molecule has 0 spiro atoms. The molecule has 0 aromatic carbocycles. The number of hydrogen-bond donors (Lipinski definition) is 1. The minimum Gasteiger partial charge on any atom is -0.388 e. The molecule has 1 fully saturated rings. The Balaban J connectivity index is 2.25. The number of piperidine rings is 1. The Morgan fingerprint density at radius 3 is 2.65 bits per heavy atom. The summed E-state index contributed by atoms with van der Waals surface area (Å²) in [6, 6.07) is 0. The Kier molecular flexibility index (Phi) is 4.57. The van der Waals surface area contributed by atoms with Gasteiger partial charge in [0, 0.05) is 13.1 Å². The molecule has 0 amide bonds. The maximum absolute atomic E-state index is 14.4. The van der Waals surface area contributed by atoms with E-state index in [9.17, 15) is 9.50 Å². The van der Waals surface area contributed by atoms with E-state index in [0.29, 0.717) is 35.9 Å². The van der Waals surface area contributed by atoms with Gasteiger partial charge in [-0.1, -0.05) is 35.0 Å². The highest BCUT2D eigenvalue weighted by Gasteiger charge is 2.31. The Morgan fingerprint density at radius 2 is 2.00 bits per heavy atom. The van der Waals surface area contributed by atoms with Gasteiger partial charge in [-0.15, -0.1) is 0 Å². The van der Waals surface area contributed by atoms with Crippen molar-refractivity contribution < 1.29 is 9.50 Å². The van der Waals surface area contributed by atoms with Gasteiger partial charge < -0.3 is 10.0 Å². The normalized spacial score (nSPS) is 21.9. The van der Waals surface area contributed by atoms with E-state index in [4.69, 9.17) is 23.2 Å². The molecule has 5 nitrogen and oxygen atoms in total. The predicted molar refractivity (Wildman–Crippen MR) is 91.2 cm³/mol. The topological polar surface area (TPSA) is 62.1 Å². The predicted octanol–water partition coefficient (Wildman–Crippen LogP) is 3.54. The molecule has 0 saturated carbocycles. The molecule has 0 bridgehead atoms. The fourth-order valence-corrected chi connectivity index (χ4v) is 3.62.